The lowest BCUT2D eigenvalue weighted by atomic mass is 10.3. The van der Waals surface area contributed by atoms with E-state index >= 15 is 0 Å². The van der Waals surface area contributed by atoms with Gasteiger partial charge in [-0.05, 0) is 42.5 Å². The first-order valence-corrected chi connectivity index (χ1v) is 12.1. The summed E-state index contributed by atoms with van der Waals surface area (Å²) in [4.78, 5) is 4.31. The van der Waals surface area contributed by atoms with Gasteiger partial charge in [0.2, 0.25) is 0 Å². The van der Waals surface area contributed by atoms with Crippen LogP contribution < -0.4 is 18.9 Å². The number of anilines is 1. The van der Waals surface area contributed by atoms with Gasteiger partial charge in [-0.2, -0.15) is 0 Å². The van der Waals surface area contributed by atoms with Crippen molar-refractivity contribution in [3.05, 3.63) is 64.6 Å². The highest BCUT2D eigenvalue weighted by Crippen LogP contribution is 2.36. The fraction of sp³-hybridized carbons (Fsp3) is 0.0952. The summed E-state index contributed by atoms with van der Waals surface area (Å²) < 4.78 is 45.6. The van der Waals surface area contributed by atoms with Gasteiger partial charge in [-0.25, -0.2) is 13.4 Å². The Morgan fingerprint density at radius 3 is 2.47 bits per heavy atom. The number of nitrogens with zero attached hydrogens (tertiary/aromatic N) is 1. The van der Waals surface area contributed by atoms with E-state index in [0.29, 0.717) is 27.2 Å². The van der Waals surface area contributed by atoms with E-state index in [0.717, 1.165) is 4.70 Å². The van der Waals surface area contributed by atoms with Gasteiger partial charge in [-0.3, -0.25) is 4.72 Å². The molecule has 0 aliphatic heterocycles. The Kier molecular flexibility index (Phi) is 6.34. The van der Waals surface area contributed by atoms with Crippen LogP contribution in [0.5, 0.6) is 22.4 Å². The van der Waals surface area contributed by atoms with Crippen molar-refractivity contribution in [1.82, 2.24) is 4.98 Å². The molecule has 1 aromatic heterocycles. The lowest BCUT2D eigenvalue weighted by Crippen LogP contribution is -2.14. The average Bonchev–Trinajstić information content (AvgIpc) is 3.13. The third-order valence-corrected chi connectivity index (χ3v) is 7.09. The van der Waals surface area contributed by atoms with Crippen molar-refractivity contribution in [2.45, 2.75) is 4.90 Å². The molecule has 0 fully saturated rings. The number of rotatable bonds is 7. The van der Waals surface area contributed by atoms with E-state index in [1.165, 1.54) is 49.8 Å². The second-order valence-corrected chi connectivity index (χ2v) is 10.0. The van der Waals surface area contributed by atoms with E-state index in [1.807, 2.05) is 6.07 Å². The van der Waals surface area contributed by atoms with E-state index < -0.39 is 10.0 Å². The molecule has 32 heavy (non-hydrogen) atoms. The molecule has 0 bridgehead atoms. The summed E-state index contributed by atoms with van der Waals surface area (Å²) in [6.07, 6.45) is 0. The van der Waals surface area contributed by atoms with E-state index in [9.17, 15) is 8.42 Å². The Balaban J connectivity index is 1.64. The van der Waals surface area contributed by atoms with Crippen LogP contribution in [0.4, 0.5) is 5.69 Å². The summed E-state index contributed by atoms with van der Waals surface area (Å²) in [5.74, 6) is 0.861. The van der Waals surface area contributed by atoms with E-state index in [2.05, 4.69) is 9.71 Å². The number of aromatic nitrogens is 1. The van der Waals surface area contributed by atoms with Crippen molar-refractivity contribution in [3.63, 3.8) is 0 Å². The van der Waals surface area contributed by atoms with Crippen molar-refractivity contribution in [2.75, 3.05) is 18.9 Å². The molecule has 0 saturated carbocycles. The molecule has 0 aliphatic rings. The number of halogens is 2. The third kappa shape index (κ3) is 4.86. The Hall–Kier alpha value is -2.72. The molecule has 0 saturated heterocycles. The Morgan fingerprint density at radius 1 is 0.906 bits per heavy atom. The maximum atomic E-state index is 13.0. The molecule has 0 atom stereocenters. The van der Waals surface area contributed by atoms with E-state index in [4.69, 9.17) is 37.4 Å². The highest BCUT2D eigenvalue weighted by atomic mass is 35.5. The molecular formula is C21H16Cl2N2O5S2. The lowest BCUT2D eigenvalue weighted by molar-refractivity contribution is 0.392. The molecule has 3 aromatic carbocycles. The first-order valence-electron chi connectivity index (χ1n) is 9.07. The summed E-state index contributed by atoms with van der Waals surface area (Å²) in [6, 6.07) is 14.4. The first kappa shape index (κ1) is 22.5. The van der Waals surface area contributed by atoms with Gasteiger partial charge >= 0.3 is 0 Å². The Morgan fingerprint density at radius 2 is 1.72 bits per heavy atom. The number of thiazole rings is 1. The SMILES string of the molecule is COc1ccc(OC)c(S(=O)(=O)Nc2cc(Cl)cc(Oc3nc4cc(Cl)ccc4s3)c2)c1. The molecule has 4 rings (SSSR count). The fourth-order valence-electron chi connectivity index (χ4n) is 2.91. The summed E-state index contributed by atoms with van der Waals surface area (Å²) in [7, 11) is -1.18. The first-order chi connectivity index (χ1) is 15.3. The summed E-state index contributed by atoms with van der Waals surface area (Å²) in [6.45, 7) is 0. The van der Waals surface area contributed by atoms with Gasteiger partial charge in [-0.15, -0.1) is 0 Å². The molecule has 1 heterocycles. The maximum absolute atomic E-state index is 13.0. The molecule has 0 radical (unpaired) electrons. The van der Waals surface area contributed by atoms with Gasteiger partial charge in [0, 0.05) is 22.2 Å². The van der Waals surface area contributed by atoms with Crippen molar-refractivity contribution >= 4 is 60.5 Å². The average molecular weight is 511 g/mol. The van der Waals surface area contributed by atoms with Crippen LogP contribution in [-0.4, -0.2) is 27.6 Å². The molecule has 4 aromatic rings. The quantitative estimate of drug-likeness (QED) is 0.317. The molecule has 7 nitrogen and oxygen atoms in total. The molecule has 11 heteroatoms. The van der Waals surface area contributed by atoms with Gasteiger partial charge in [0.25, 0.3) is 15.2 Å². The molecule has 0 aliphatic carbocycles. The summed E-state index contributed by atoms with van der Waals surface area (Å²) >= 11 is 13.5. The van der Waals surface area contributed by atoms with Gasteiger partial charge in [0.05, 0.1) is 30.1 Å². The number of fused-ring (bicyclic) bond motifs is 1. The zero-order chi connectivity index (χ0) is 22.9. The zero-order valence-electron chi connectivity index (χ0n) is 16.8. The normalized spacial score (nSPS) is 11.4. The predicted octanol–water partition coefficient (Wildman–Crippen LogP) is 6.21. The second-order valence-electron chi connectivity index (χ2n) is 6.49. The fourth-order valence-corrected chi connectivity index (χ4v) is 5.34. The summed E-state index contributed by atoms with van der Waals surface area (Å²) in [5, 5.41) is 1.22. The van der Waals surface area contributed by atoms with Gasteiger partial charge in [0.15, 0.2) is 0 Å². The smallest absolute Gasteiger partial charge is 0.279 e. The Bertz CT molecular complexity index is 1410. The molecule has 166 valence electrons. The Labute approximate surface area is 198 Å². The number of sulfonamides is 1. The standard InChI is InChI=1S/C21H16Cl2N2O5S2/c1-28-15-4-5-18(29-2)20(11-15)32(26,27)25-14-7-13(23)8-16(10-14)30-21-24-17-9-12(22)3-6-19(17)31-21/h3-11,25H,1-2H3. The van der Waals surface area contributed by atoms with Crippen LogP contribution in [0.25, 0.3) is 10.2 Å². The minimum absolute atomic E-state index is 0.0788. The summed E-state index contributed by atoms with van der Waals surface area (Å²) in [5.41, 5.74) is 0.909. The number of hydrogen-bond acceptors (Lipinski definition) is 7. The number of ether oxygens (including phenoxy) is 3. The number of nitrogens with one attached hydrogen (secondary N) is 1. The molecule has 0 spiro atoms. The van der Waals surface area contributed by atoms with Crippen molar-refractivity contribution < 1.29 is 22.6 Å². The topological polar surface area (TPSA) is 86.8 Å². The van der Waals surface area contributed by atoms with Crippen molar-refractivity contribution in [3.8, 4) is 22.4 Å². The van der Waals surface area contributed by atoms with Crippen LogP contribution in [0.2, 0.25) is 10.0 Å². The zero-order valence-corrected chi connectivity index (χ0v) is 19.9. The molecule has 0 unspecified atom stereocenters. The van der Waals surface area contributed by atoms with Crippen LogP contribution in [0, 0.1) is 0 Å². The second kappa shape index (κ2) is 9.03. The van der Waals surface area contributed by atoms with Crippen molar-refractivity contribution in [1.29, 1.82) is 0 Å². The third-order valence-electron chi connectivity index (χ3n) is 4.32. The lowest BCUT2D eigenvalue weighted by Gasteiger charge is -2.13. The molecule has 1 N–H and O–H groups in total. The number of methoxy groups -OCH3 is 2. The van der Waals surface area contributed by atoms with Gasteiger partial charge in [-0.1, -0.05) is 34.5 Å². The van der Waals surface area contributed by atoms with Crippen LogP contribution in [0.3, 0.4) is 0 Å². The highest BCUT2D eigenvalue weighted by Gasteiger charge is 2.21. The monoisotopic (exact) mass is 510 g/mol. The molecular weight excluding hydrogens is 495 g/mol. The van der Waals surface area contributed by atoms with E-state index in [1.54, 1.807) is 24.3 Å². The number of hydrogen-bond donors (Lipinski definition) is 1. The van der Waals surface area contributed by atoms with Gasteiger partial charge < -0.3 is 14.2 Å². The maximum Gasteiger partial charge on any atom is 0.279 e. The minimum atomic E-state index is -4.02. The van der Waals surface area contributed by atoms with Crippen LogP contribution in [0.15, 0.2) is 59.5 Å². The predicted molar refractivity (Wildman–Crippen MR) is 127 cm³/mol. The van der Waals surface area contributed by atoms with Gasteiger partial charge in [0.1, 0.15) is 22.1 Å². The highest BCUT2D eigenvalue weighted by molar-refractivity contribution is 7.92. The van der Waals surface area contributed by atoms with Crippen molar-refractivity contribution in [2.24, 2.45) is 0 Å². The molecule has 0 amide bonds. The van der Waals surface area contributed by atoms with E-state index in [-0.39, 0.29) is 21.4 Å². The van der Waals surface area contributed by atoms with Crippen LogP contribution in [-0.2, 0) is 10.0 Å². The minimum Gasteiger partial charge on any atom is -0.497 e. The largest absolute Gasteiger partial charge is 0.497 e. The van der Waals surface area contributed by atoms with Crippen LogP contribution in [0.1, 0.15) is 0 Å². The van der Waals surface area contributed by atoms with Crippen LogP contribution >= 0.6 is 34.5 Å². The number of benzene rings is 3.